The van der Waals surface area contributed by atoms with Crippen LogP contribution in [0, 0.1) is 5.92 Å². The zero-order valence-corrected chi connectivity index (χ0v) is 16.6. The third-order valence-electron chi connectivity index (χ3n) is 5.60. The second kappa shape index (κ2) is 9.37. The van der Waals surface area contributed by atoms with Crippen LogP contribution in [-0.2, 0) is 16.0 Å². The maximum atomic E-state index is 12.4. The molecule has 27 heavy (non-hydrogen) atoms. The van der Waals surface area contributed by atoms with Crippen molar-refractivity contribution >= 4 is 28.8 Å². The summed E-state index contributed by atoms with van der Waals surface area (Å²) in [5.41, 5.74) is 1.39. The number of rotatable bonds is 7. The lowest BCUT2D eigenvalue weighted by molar-refractivity contribution is -0.920. The average molecular weight is 391 g/mol. The van der Waals surface area contributed by atoms with Crippen LogP contribution in [0.1, 0.15) is 25.3 Å². The van der Waals surface area contributed by atoms with Gasteiger partial charge in [-0.2, -0.15) is 0 Å². The van der Waals surface area contributed by atoms with Crippen molar-refractivity contribution in [2.24, 2.45) is 5.92 Å². The van der Waals surface area contributed by atoms with Gasteiger partial charge in [0.1, 0.15) is 0 Å². The molecule has 1 atom stereocenters. The lowest BCUT2D eigenvalue weighted by Crippen LogP contribution is -3.17. The number of hydrogen-bond donors (Lipinski definition) is 2. The Morgan fingerprint density at radius 1 is 1.26 bits per heavy atom. The Kier molecular flexibility index (Phi) is 6.90. The first-order valence-electron chi connectivity index (χ1n) is 9.68. The van der Waals surface area contributed by atoms with Gasteiger partial charge in [-0.05, 0) is 37.7 Å². The normalized spacial score (nSPS) is 24.1. The van der Waals surface area contributed by atoms with Crippen LogP contribution in [0.15, 0.2) is 30.3 Å². The van der Waals surface area contributed by atoms with Crippen molar-refractivity contribution in [3.63, 3.8) is 0 Å². The van der Waals surface area contributed by atoms with Gasteiger partial charge in [0, 0.05) is 13.1 Å². The molecule has 2 heterocycles. The van der Waals surface area contributed by atoms with Crippen molar-refractivity contribution in [3.05, 3.63) is 35.9 Å². The van der Waals surface area contributed by atoms with E-state index in [4.69, 9.17) is 0 Å². The highest BCUT2D eigenvalue weighted by molar-refractivity contribution is 8.14. The summed E-state index contributed by atoms with van der Waals surface area (Å²) in [7, 11) is 0. The standard InChI is InChI=1S/C20H27N3O3S/c1-15(19(25)21-9-12-23-18(24)14-27-20(23)26)22-10-7-17(8-11-22)13-16-5-3-2-4-6-16/h2-6,15,17H,7-14H2,1H3,(H,21,25)/p+1/t15-/m1/s1. The van der Waals surface area contributed by atoms with E-state index >= 15 is 0 Å². The summed E-state index contributed by atoms with van der Waals surface area (Å²) in [6.45, 7) is 4.56. The van der Waals surface area contributed by atoms with Crippen molar-refractivity contribution < 1.29 is 19.3 Å². The van der Waals surface area contributed by atoms with Gasteiger partial charge in [0.05, 0.1) is 18.8 Å². The first-order valence-corrected chi connectivity index (χ1v) is 10.7. The predicted octanol–water partition coefficient (Wildman–Crippen LogP) is 0.724. The monoisotopic (exact) mass is 390 g/mol. The van der Waals surface area contributed by atoms with Crippen LogP contribution in [0.3, 0.4) is 0 Å². The number of likely N-dealkylation sites (tertiary alicyclic amines) is 1. The number of piperidine rings is 1. The smallest absolute Gasteiger partial charge is 0.288 e. The molecule has 0 radical (unpaired) electrons. The molecule has 0 saturated carbocycles. The molecule has 0 bridgehead atoms. The summed E-state index contributed by atoms with van der Waals surface area (Å²) in [6.07, 6.45) is 3.39. The summed E-state index contributed by atoms with van der Waals surface area (Å²) in [6, 6.07) is 10.5. The van der Waals surface area contributed by atoms with E-state index in [2.05, 4.69) is 29.6 Å². The molecular formula is C20H28N3O3S+. The molecular weight excluding hydrogens is 362 g/mol. The van der Waals surface area contributed by atoms with Gasteiger partial charge in [0.25, 0.3) is 11.1 Å². The molecule has 6 nitrogen and oxygen atoms in total. The number of benzene rings is 1. The van der Waals surface area contributed by atoms with Crippen molar-refractivity contribution in [1.29, 1.82) is 0 Å². The highest BCUT2D eigenvalue weighted by Gasteiger charge is 2.31. The third kappa shape index (κ3) is 5.32. The van der Waals surface area contributed by atoms with Crippen LogP contribution in [-0.4, -0.2) is 59.9 Å². The van der Waals surface area contributed by atoms with Crippen molar-refractivity contribution in [2.75, 3.05) is 31.9 Å². The van der Waals surface area contributed by atoms with Gasteiger partial charge in [-0.1, -0.05) is 42.1 Å². The Hall–Kier alpha value is -1.86. The lowest BCUT2D eigenvalue weighted by atomic mass is 9.89. The minimum atomic E-state index is -0.214. The molecule has 2 fully saturated rings. The number of quaternary nitrogens is 1. The number of imide groups is 1. The number of carbonyl (C=O) groups is 3. The lowest BCUT2D eigenvalue weighted by Gasteiger charge is -2.32. The topological polar surface area (TPSA) is 70.9 Å². The molecule has 3 amide bonds. The van der Waals surface area contributed by atoms with E-state index in [-0.39, 0.29) is 35.4 Å². The van der Waals surface area contributed by atoms with Crippen molar-refractivity contribution in [3.8, 4) is 0 Å². The summed E-state index contributed by atoms with van der Waals surface area (Å²) >= 11 is 1.02. The molecule has 0 aliphatic carbocycles. The minimum absolute atomic E-state index is 0.00161. The largest absolute Gasteiger partial charge is 0.349 e. The Balaban J connectivity index is 1.38. The zero-order valence-electron chi connectivity index (χ0n) is 15.8. The van der Waals surface area contributed by atoms with E-state index in [0.717, 1.165) is 44.1 Å². The number of carbonyl (C=O) groups excluding carboxylic acids is 3. The van der Waals surface area contributed by atoms with Crippen molar-refractivity contribution in [1.82, 2.24) is 10.2 Å². The van der Waals surface area contributed by atoms with E-state index in [1.54, 1.807) is 0 Å². The first-order chi connectivity index (χ1) is 13.0. The quantitative estimate of drug-likeness (QED) is 0.720. The Bertz CT molecular complexity index is 658. The number of nitrogens with one attached hydrogen (secondary N) is 2. The number of amides is 3. The van der Waals surface area contributed by atoms with Gasteiger partial charge in [0.15, 0.2) is 6.04 Å². The van der Waals surface area contributed by atoms with Gasteiger partial charge in [-0.25, -0.2) is 0 Å². The van der Waals surface area contributed by atoms with E-state index < -0.39 is 0 Å². The van der Waals surface area contributed by atoms with Crippen LogP contribution >= 0.6 is 11.8 Å². The molecule has 0 aromatic heterocycles. The molecule has 7 heteroatoms. The molecule has 1 aromatic rings. The Labute approximate surface area is 164 Å². The second-order valence-electron chi connectivity index (χ2n) is 7.40. The SMILES string of the molecule is C[C@H](C(=O)NCCN1C(=O)CSC1=O)[NH+]1CCC(Cc2ccccc2)CC1. The van der Waals surface area contributed by atoms with Crippen LogP contribution in [0.25, 0.3) is 0 Å². The molecule has 0 spiro atoms. The average Bonchev–Trinajstić information content (AvgIpc) is 3.01. The molecule has 3 rings (SSSR count). The molecule has 2 aliphatic heterocycles. The highest BCUT2D eigenvalue weighted by Crippen LogP contribution is 2.18. The molecule has 1 aromatic carbocycles. The molecule has 0 unspecified atom stereocenters. The second-order valence-corrected chi connectivity index (χ2v) is 8.33. The summed E-state index contributed by atoms with van der Waals surface area (Å²) in [4.78, 5) is 38.1. The van der Waals surface area contributed by atoms with Crippen LogP contribution in [0.4, 0.5) is 4.79 Å². The van der Waals surface area contributed by atoms with Gasteiger partial charge in [-0.3, -0.25) is 19.3 Å². The summed E-state index contributed by atoms with van der Waals surface area (Å²) in [5, 5.41) is 2.67. The number of thioether (sulfide) groups is 1. The van der Waals surface area contributed by atoms with Crippen LogP contribution < -0.4 is 10.2 Å². The number of nitrogens with zero attached hydrogens (tertiary/aromatic N) is 1. The molecule has 2 N–H and O–H groups in total. The van der Waals surface area contributed by atoms with Crippen molar-refractivity contribution in [2.45, 2.75) is 32.2 Å². The van der Waals surface area contributed by atoms with E-state index in [9.17, 15) is 14.4 Å². The summed E-state index contributed by atoms with van der Waals surface area (Å²) < 4.78 is 0. The van der Waals surface area contributed by atoms with E-state index in [1.165, 1.54) is 15.4 Å². The Morgan fingerprint density at radius 3 is 2.59 bits per heavy atom. The van der Waals surface area contributed by atoms with Gasteiger partial charge < -0.3 is 10.2 Å². The fourth-order valence-corrected chi connectivity index (χ4v) is 4.61. The number of hydrogen-bond acceptors (Lipinski definition) is 4. The van der Waals surface area contributed by atoms with Gasteiger partial charge in [0.2, 0.25) is 5.91 Å². The molecule has 2 aliphatic rings. The zero-order chi connectivity index (χ0) is 19.2. The first kappa shape index (κ1) is 19.9. The molecule has 2 saturated heterocycles. The Morgan fingerprint density at radius 2 is 1.96 bits per heavy atom. The predicted molar refractivity (Wildman–Crippen MR) is 106 cm³/mol. The maximum absolute atomic E-state index is 12.4. The fourth-order valence-electron chi connectivity index (χ4n) is 3.86. The summed E-state index contributed by atoms with van der Waals surface area (Å²) in [5.74, 6) is 0.735. The van der Waals surface area contributed by atoms with Gasteiger partial charge >= 0.3 is 0 Å². The van der Waals surface area contributed by atoms with Gasteiger partial charge in [-0.15, -0.1) is 0 Å². The van der Waals surface area contributed by atoms with Crippen LogP contribution in [0.5, 0.6) is 0 Å². The highest BCUT2D eigenvalue weighted by atomic mass is 32.2. The van der Waals surface area contributed by atoms with E-state index in [0.29, 0.717) is 12.5 Å². The fraction of sp³-hybridized carbons (Fsp3) is 0.550. The minimum Gasteiger partial charge on any atom is -0.349 e. The molecule has 146 valence electrons. The maximum Gasteiger partial charge on any atom is 0.288 e. The van der Waals surface area contributed by atoms with E-state index in [1.807, 2.05) is 13.0 Å². The van der Waals surface area contributed by atoms with Crippen LogP contribution in [0.2, 0.25) is 0 Å². The third-order valence-corrected chi connectivity index (χ3v) is 6.45.